The molecule has 2 N–H and O–H groups in total. The Morgan fingerprint density at radius 2 is 2.06 bits per heavy atom. The molecule has 0 radical (unpaired) electrons. The van der Waals surface area contributed by atoms with Gasteiger partial charge in [0, 0.05) is 23.7 Å². The fourth-order valence-corrected chi connectivity index (χ4v) is 1.59. The molecule has 0 spiro atoms. The first-order valence-electron chi connectivity index (χ1n) is 5.16. The van der Waals surface area contributed by atoms with Crippen molar-refractivity contribution in [3.05, 3.63) is 39.9 Å². The van der Waals surface area contributed by atoms with E-state index in [0.717, 1.165) is 0 Å². The molecule has 16 heavy (non-hydrogen) atoms. The molecule has 1 aromatic carbocycles. The van der Waals surface area contributed by atoms with Gasteiger partial charge in [0.15, 0.2) is 0 Å². The second-order valence-electron chi connectivity index (χ2n) is 3.79. The number of hydrogen-bond acceptors (Lipinski definition) is 4. The summed E-state index contributed by atoms with van der Waals surface area (Å²) in [6.07, 6.45) is 0. The monoisotopic (exact) mass is 224 g/mol. The van der Waals surface area contributed by atoms with Crippen LogP contribution in [-0.4, -0.2) is 22.7 Å². The van der Waals surface area contributed by atoms with E-state index in [9.17, 15) is 10.1 Å². The molecule has 1 rings (SSSR count). The summed E-state index contributed by atoms with van der Waals surface area (Å²) in [6, 6.07) is 6.36. The molecule has 0 aliphatic heterocycles. The van der Waals surface area contributed by atoms with E-state index >= 15 is 0 Å². The average molecular weight is 224 g/mol. The highest BCUT2D eigenvalue weighted by atomic mass is 16.6. The van der Waals surface area contributed by atoms with Crippen molar-refractivity contribution in [1.29, 1.82) is 0 Å². The van der Waals surface area contributed by atoms with Crippen molar-refractivity contribution in [1.82, 2.24) is 5.32 Å². The first-order chi connectivity index (χ1) is 7.56. The maximum absolute atomic E-state index is 10.8. The van der Waals surface area contributed by atoms with E-state index in [4.69, 9.17) is 5.11 Å². The average Bonchev–Trinajstić information content (AvgIpc) is 2.28. The zero-order valence-corrected chi connectivity index (χ0v) is 9.38. The molecule has 0 aliphatic carbocycles. The van der Waals surface area contributed by atoms with Crippen LogP contribution in [0.25, 0.3) is 0 Å². The van der Waals surface area contributed by atoms with Crippen molar-refractivity contribution in [3.63, 3.8) is 0 Å². The van der Waals surface area contributed by atoms with Crippen LogP contribution in [-0.2, 0) is 0 Å². The van der Waals surface area contributed by atoms with Crippen molar-refractivity contribution < 1.29 is 10.0 Å². The minimum Gasteiger partial charge on any atom is -0.395 e. The first kappa shape index (κ1) is 12.6. The Bertz CT molecular complexity index is 368. The zero-order valence-electron chi connectivity index (χ0n) is 9.38. The largest absolute Gasteiger partial charge is 0.395 e. The molecule has 0 amide bonds. The predicted octanol–water partition coefficient (Wildman–Crippen LogP) is 1.63. The molecule has 0 aliphatic rings. The molecule has 0 heterocycles. The third-order valence-corrected chi connectivity index (χ3v) is 2.41. The van der Waals surface area contributed by atoms with E-state index in [-0.39, 0.29) is 24.4 Å². The molecule has 0 saturated heterocycles. The van der Waals surface area contributed by atoms with Crippen LogP contribution in [0.15, 0.2) is 24.3 Å². The van der Waals surface area contributed by atoms with E-state index < -0.39 is 4.92 Å². The van der Waals surface area contributed by atoms with Crippen molar-refractivity contribution in [2.75, 3.05) is 6.61 Å². The van der Waals surface area contributed by atoms with Gasteiger partial charge in [-0.1, -0.05) is 18.2 Å². The van der Waals surface area contributed by atoms with Crippen LogP contribution in [0.5, 0.6) is 0 Å². The van der Waals surface area contributed by atoms with Gasteiger partial charge >= 0.3 is 0 Å². The van der Waals surface area contributed by atoms with Gasteiger partial charge in [0.05, 0.1) is 11.5 Å². The van der Waals surface area contributed by atoms with Gasteiger partial charge in [-0.3, -0.25) is 10.1 Å². The number of aliphatic hydroxyl groups excluding tert-OH is 1. The molecule has 2 unspecified atom stereocenters. The molecule has 88 valence electrons. The second-order valence-corrected chi connectivity index (χ2v) is 3.79. The number of hydrogen-bond donors (Lipinski definition) is 2. The number of rotatable bonds is 5. The zero-order chi connectivity index (χ0) is 12.1. The van der Waals surface area contributed by atoms with Crippen LogP contribution in [0.2, 0.25) is 0 Å². The maximum Gasteiger partial charge on any atom is 0.274 e. The predicted molar refractivity (Wildman–Crippen MR) is 61.2 cm³/mol. The number of nitro benzene ring substituents is 1. The Kier molecular flexibility index (Phi) is 4.39. The summed E-state index contributed by atoms with van der Waals surface area (Å²) in [7, 11) is 0. The van der Waals surface area contributed by atoms with E-state index in [1.807, 2.05) is 13.8 Å². The van der Waals surface area contributed by atoms with Gasteiger partial charge in [-0.2, -0.15) is 0 Å². The van der Waals surface area contributed by atoms with E-state index in [1.165, 1.54) is 6.07 Å². The standard InChI is InChI=1S/C11H16N2O3/c1-8(7-14)12-9(2)10-5-3-4-6-11(10)13(15)16/h3-6,8-9,12,14H,7H2,1-2H3. The number of aliphatic hydroxyl groups is 1. The number of nitrogens with one attached hydrogen (secondary N) is 1. The fraction of sp³-hybridized carbons (Fsp3) is 0.455. The minimum absolute atomic E-state index is 0.00493. The Morgan fingerprint density at radius 1 is 1.44 bits per heavy atom. The highest BCUT2D eigenvalue weighted by Crippen LogP contribution is 2.24. The van der Waals surface area contributed by atoms with Crippen molar-refractivity contribution in [3.8, 4) is 0 Å². The summed E-state index contributed by atoms with van der Waals surface area (Å²) in [5.74, 6) is 0. The van der Waals surface area contributed by atoms with Crippen molar-refractivity contribution >= 4 is 5.69 Å². The fourth-order valence-electron chi connectivity index (χ4n) is 1.59. The summed E-state index contributed by atoms with van der Waals surface area (Å²) in [5.41, 5.74) is 0.737. The van der Waals surface area contributed by atoms with Crippen LogP contribution < -0.4 is 5.32 Å². The lowest BCUT2D eigenvalue weighted by molar-refractivity contribution is -0.385. The lowest BCUT2D eigenvalue weighted by Gasteiger charge is -2.18. The normalized spacial score (nSPS) is 14.4. The lowest BCUT2D eigenvalue weighted by Crippen LogP contribution is -2.32. The van der Waals surface area contributed by atoms with Gasteiger partial charge in [0.1, 0.15) is 0 Å². The molecule has 2 atom stereocenters. The number of para-hydroxylation sites is 1. The molecule has 5 nitrogen and oxygen atoms in total. The van der Waals surface area contributed by atoms with Crippen LogP contribution in [0.4, 0.5) is 5.69 Å². The summed E-state index contributed by atoms with van der Waals surface area (Å²) < 4.78 is 0. The lowest BCUT2D eigenvalue weighted by atomic mass is 10.1. The van der Waals surface area contributed by atoms with Crippen LogP contribution in [0.3, 0.4) is 0 Å². The summed E-state index contributed by atoms with van der Waals surface area (Å²) in [6.45, 7) is 3.67. The quantitative estimate of drug-likeness (QED) is 0.588. The number of benzene rings is 1. The molecule has 0 fully saturated rings. The molecular formula is C11H16N2O3. The van der Waals surface area contributed by atoms with Gasteiger partial charge in [0.25, 0.3) is 5.69 Å². The Hall–Kier alpha value is -1.46. The maximum atomic E-state index is 10.8. The van der Waals surface area contributed by atoms with Crippen molar-refractivity contribution in [2.24, 2.45) is 0 Å². The summed E-state index contributed by atoms with van der Waals surface area (Å²) in [5, 5.41) is 22.8. The van der Waals surface area contributed by atoms with E-state index in [0.29, 0.717) is 5.56 Å². The van der Waals surface area contributed by atoms with Gasteiger partial charge < -0.3 is 10.4 Å². The third kappa shape index (κ3) is 3.01. The van der Waals surface area contributed by atoms with Crippen LogP contribution in [0, 0.1) is 10.1 Å². The first-order valence-corrected chi connectivity index (χ1v) is 5.16. The molecule has 5 heteroatoms. The molecule has 0 bridgehead atoms. The number of nitrogens with zero attached hydrogens (tertiary/aromatic N) is 1. The summed E-state index contributed by atoms with van der Waals surface area (Å²) >= 11 is 0. The van der Waals surface area contributed by atoms with Crippen LogP contribution >= 0.6 is 0 Å². The van der Waals surface area contributed by atoms with E-state index in [2.05, 4.69) is 5.32 Å². The second kappa shape index (κ2) is 5.58. The Morgan fingerprint density at radius 3 is 2.62 bits per heavy atom. The Labute approximate surface area is 94.3 Å². The topological polar surface area (TPSA) is 75.4 Å². The van der Waals surface area contributed by atoms with Gasteiger partial charge in [-0.25, -0.2) is 0 Å². The van der Waals surface area contributed by atoms with Gasteiger partial charge in [-0.15, -0.1) is 0 Å². The Balaban J connectivity index is 2.90. The highest BCUT2D eigenvalue weighted by molar-refractivity contribution is 5.41. The minimum atomic E-state index is -0.392. The molecular weight excluding hydrogens is 208 g/mol. The van der Waals surface area contributed by atoms with E-state index in [1.54, 1.807) is 18.2 Å². The van der Waals surface area contributed by atoms with Gasteiger partial charge in [0.2, 0.25) is 0 Å². The van der Waals surface area contributed by atoms with Crippen molar-refractivity contribution in [2.45, 2.75) is 25.9 Å². The molecule has 0 aromatic heterocycles. The smallest absolute Gasteiger partial charge is 0.274 e. The van der Waals surface area contributed by atoms with Gasteiger partial charge in [-0.05, 0) is 13.8 Å². The molecule has 1 aromatic rings. The highest BCUT2D eigenvalue weighted by Gasteiger charge is 2.18. The molecule has 0 saturated carbocycles. The SMILES string of the molecule is CC(CO)NC(C)c1ccccc1[N+](=O)[O-]. The number of nitro groups is 1. The summed E-state index contributed by atoms with van der Waals surface area (Å²) in [4.78, 5) is 10.4. The third-order valence-electron chi connectivity index (χ3n) is 2.41. The van der Waals surface area contributed by atoms with Crippen LogP contribution in [0.1, 0.15) is 25.5 Å².